The first-order valence-electron chi connectivity index (χ1n) is 7.46. The van der Waals surface area contributed by atoms with Gasteiger partial charge in [0.15, 0.2) is 5.11 Å². The number of fused-ring (bicyclic) bond motifs is 1. The molecule has 0 aromatic heterocycles. The Labute approximate surface area is 125 Å². The molecule has 1 aromatic carbocycles. The molecule has 0 unspecified atom stereocenters. The van der Waals surface area contributed by atoms with Gasteiger partial charge in [0.25, 0.3) is 0 Å². The molecular weight excluding hydrogens is 268 g/mol. The number of amides is 1. The standard InChI is InChI=1S/C16H20N2OS/c19-15(13-7-2-1-3-8-13)17-16(20)18-11-10-12-6-4-5-9-14(12)18/h4-6,9,13H,1-3,7-8,10-11H2,(H,17,19,20). The lowest BCUT2D eigenvalue weighted by Gasteiger charge is -2.24. The van der Waals surface area contributed by atoms with Crippen molar-refractivity contribution in [1.82, 2.24) is 5.32 Å². The third-order valence-corrected chi connectivity index (χ3v) is 4.66. The van der Waals surface area contributed by atoms with E-state index in [0.717, 1.165) is 44.3 Å². The van der Waals surface area contributed by atoms with Crippen molar-refractivity contribution < 1.29 is 4.79 Å². The number of hydrogen-bond donors (Lipinski definition) is 1. The molecule has 0 saturated heterocycles. The van der Waals surface area contributed by atoms with E-state index in [2.05, 4.69) is 17.4 Å². The van der Waals surface area contributed by atoms with Crippen LogP contribution in [0, 0.1) is 5.92 Å². The van der Waals surface area contributed by atoms with Gasteiger partial charge in [0.2, 0.25) is 5.91 Å². The molecule has 1 amide bonds. The lowest BCUT2D eigenvalue weighted by molar-refractivity contribution is -0.124. The van der Waals surface area contributed by atoms with E-state index in [1.54, 1.807) is 0 Å². The summed E-state index contributed by atoms with van der Waals surface area (Å²) < 4.78 is 0. The Bertz CT molecular complexity index is 523. The average molecular weight is 288 g/mol. The second-order valence-electron chi connectivity index (χ2n) is 5.66. The van der Waals surface area contributed by atoms with Crippen LogP contribution in [0.3, 0.4) is 0 Å². The van der Waals surface area contributed by atoms with Gasteiger partial charge in [0.05, 0.1) is 0 Å². The van der Waals surface area contributed by atoms with Gasteiger partial charge in [-0.05, 0) is 43.1 Å². The van der Waals surface area contributed by atoms with Crippen LogP contribution in [-0.4, -0.2) is 17.6 Å². The van der Waals surface area contributed by atoms with Gasteiger partial charge in [-0.3, -0.25) is 4.79 Å². The summed E-state index contributed by atoms with van der Waals surface area (Å²) in [4.78, 5) is 14.3. The first-order valence-corrected chi connectivity index (χ1v) is 7.87. The SMILES string of the molecule is O=C(NC(=S)N1CCc2ccccc21)C1CCCCC1. The number of nitrogens with zero attached hydrogens (tertiary/aromatic N) is 1. The van der Waals surface area contributed by atoms with Crippen LogP contribution in [0.15, 0.2) is 24.3 Å². The normalized spacial score (nSPS) is 18.7. The smallest absolute Gasteiger partial charge is 0.229 e. The van der Waals surface area contributed by atoms with Crippen LogP contribution in [0.4, 0.5) is 5.69 Å². The molecular formula is C16H20N2OS. The molecule has 4 heteroatoms. The minimum atomic E-state index is 0.110. The molecule has 0 spiro atoms. The molecule has 106 valence electrons. The molecule has 1 aliphatic carbocycles. The maximum Gasteiger partial charge on any atom is 0.229 e. The van der Waals surface area contributed by atoms with Crippen LogP contribution in [0.5, 0.6) is 0 Å². The van der Waals surface area contributed by atoms with Gasteiger partial charge in [-0.1, -0.05) is 37.5 Å². The zero-order valence-corrected chi connectivity index (χ0v) is 12.4. The summed E-state index contributed by atoms with van der Waals surface area (Å²) in [5, 5.41) is 3.51. The predicted molar refractivity (Wildman–Crippen MR) is 84.8 cm³/mol. The molecule has 0 atom stereocenters. The minimum Gasteiger partial charge on any atom is -0.318 e. The highest BCUT2D eigenvalue weighted by Gasteiger charge is 2.26. The van der Waals surface area contributed by atoms with E-state index in [-0.39, 0.29) is 11.8 Å². The molecule has 1 saturated carbocycles. The van der Waals surface area contributed by atoms with Crippen molar-refractivity contribution in [2.24, 2.45) is 5.92 Å². The van der Waals surface area contributed by atoms with E-state index in [1.807, 2.05) is 17.0 Å². The maximum absolute atomic E-state index is 12.3. The number of thiocarbonyl (C=S) groups is 1. The number of carbonyl (C=O) groups is 1. The highest BCUT2D eigenvalue weighted by atomic mass is 32.1. The Morgan fingerprint density at radius 2 is 1.95 bits per heavy atom. The summed E-state index contributed by atoms with van der Waals surface area (Å²) in [5.74, 6) is 0.263. The molecule has 3 rings (SSSR count). The van der Waals surface area contributed by atoms with Crippen LogP contribution in [0.2, 0.25) is 0 Å². The van der Waals surface area contributed by atoms with Crippen molar-refractivity contribution in [3.63, 3.8) is 0 Å². The molecule has 0 bridgehead atoms. The van der Waals surface area contributed by atoms with Gasteiger partial charge in [-0.15, -0.1) is 0 Å². The quantitative estimate of drug-likeness (QED) is 0.806. The van der Waals surface area contributed by atoms with E-state index in [4.69, 9.17) is 12.2 Å². The van der Waals surface area contributed by atoms with E-state index in [9.17, 15) is 4.79 Å². The Morgan fingerprint density at radius 1 is 1.20 bits per heavy atom. The number of para-hydroxylation sites is 1. The molecule has 2 aliphatic rings. The molecule has 1 heterocycles. The molecule has 20 heavy (non-hydrogen) atoms. The average Bonchev–Trinajstić information content (AvgIpc) is 2.92. The fourth-order valence-electron chi connectivity index (χ4n) is 3.19. The number of carbonyl (C=O) groups excluding carboxylic acids is 1. The largest absolute Gasteiger partial charge is 0.318 e. The van der Waals surface area contributed by atoms with Gasteiger partial charge in [0.1, 0.15) is 0 Å². The minimum absolute atomic E-state index is 0.110. The Hall–Kier alpha value is -1.42. The number of rotatable bonds is 1. The van der Waals surface area contributed by atoms with Crippen molar-refractivity contribution in [1.29, 1.82) is 0 Å². The summed E-state index contributed by atoms with van der Waals surface area (Å²) in [6.45, 7) is 0.864. The molecule has 1 fully saturated rings. The molecule has 1 aromatic rings. The van der Waals surface area contributed by atoms with E-state index in [1.165, 1.54) is 12.0 Å². The molecule has 1 N–H and O–H groups in total. The van der Waals surface area contributed by atoms with Crippen molar-refractivity contribution >= 4 is 28.9 Å². The number of hydrogen-bond acceptors (Lipinski definition) is 2. The van der Waals surface area contributed by atoms with Crippen LogP contribution in [0.1, 0.15) is 37.7 Å². The Balaban J connectivity index is 1.64. The second kappa shape index (κ2) is 5.92. The van der Waals surface area contributed by atoms with Crippen LogP contribution >= 0.6 is 12.2 Å². The van der Waals surface area contributed by atoms with Gasteiger partial charge in [0, 0.05) is 18.2 Å². The van der Waals surface area contributed by atoms with Crippen LogP contribution in [-0.2, 0) is 11.2 Å². The zero-order valence-electron chi connectivity index (χ0n) is 11.6. The number of benzene rings is 1. The highest BCUT2D eigenvalue weighted by molar-refractivity contribution is 7.80. The maximum atomic E-state index is 12.3. The summed E-state index contributed by atoms with van der Waals surface area (Å²) in [6, 6.07) is 8.26. The van der Waals surface area contributed by atoms with Crippen molar-refractivity contribution in [3.8, 4) is 0 Å². The third-order valence-electron chi connectivity index (χ3n) is 4.34. The van der Waals surface area contributed by atoms with Gasteiger partial charge in [-0.25, -0.2) is 0 Å². The molecule has 0 radical (unpaired) electrons. The first-order chi connectivity index (χ1) is 9.75. The predicted octanol–water partition coefficient (Wildman–Crippen LogP) is 3.03. The topological polar surface area (TPSA) is 32.3 Å². The zero-order chi connectivity index (χ0) is 13.9. The summed E-state index contributed by atoms with van der Waals surface area (Å²) >= 11 is 5.43. The van der Waals surface area contributed by atoms with Crippen molar-refractivity contribution in [2.75, 3.05) is 11.4 Å². The third kappa shape index (κ3) is 2.70. The number of anilines is 1. The van der Waals surface area contributed by atoms with Crippen molar-refractivity contribution in [2.45, 2.75) is 38.5 Å². The fraction of sp³-hybridized carbons (Fsp3) is 0.500. The Kier molecular flexibility index (Phi) is 4.01. The fourth-order valence-corrected chi connectivity index (χ4v) is 3.48. The van der Waals surface area contributed by atoms with Gasteiger partial charge in [-0.2, -0.15) is 0 Å². The van der Waals surface area contributed by atoms with E-state index >= 15 is 0 Å². The molecule has 1 aliphatic heterocycles. The monoisotopic (exact) mass is 288 g/mol. The van der Waals surface area contributed by atoms with Crippen molar-refractivity contribution in [3.05, 3.63) is 29.8 Å². The van der Waals surface area contributed by atoms with Crippen LogP contribution in [0.25, 0.3) is 0 Å². The highest BCUT2D eigenvalue weighted by Crippen LogP contribution is 2.28. The lowest BCUT2D eigenvalue weighted by atomic mass is 9.89. The molecule has 3 nitrogen and oxygen atoms in total. The van der Waals surface area contributed by atoms with Crippen LogP contribution < -0.4 is 10.2 Å². The lowest BCUT2D eigenvalue weighted by Crippen LogP contribution is -2.44. The number of nitrogens with one attached hydrogen (secondary N) is 1. The van der Waals surface area contributed by atoms with E-state index < -0.39 is 0 Å². The first kappa shape index (κ1) is 13.6. The van der Waals surface area contributed by atoms with Gasteiger partial charge >= 0.3 is 0 Å². The van der Waals surface area contributed by atoms with E-state index in [0.29, 0.717) is 5.11 Å². The summed E-state index contributed by atoms with van der Waals surface area (Å²) in [7, 11) is 0. The summed E-state index contributed by atoms with van der Waals surface area (Å²) in [6.07, 6.45) is 6.59. The van der Waals surface area contributed by atoms with Gasteiger partial charge < -0.3 is 10.2 Å². The Morgan fingerprint density at radius 3 is 2.75 bits per heavy atom. The second-order valence-corrected chi connectivity index (χ2v) is 6.05. The summed E-state index contributed by atoms with van der Waals surface area (Å²) in [5.41, 5.74) is 2.45.